The summed E-state index contributed by atoms with van der Waals surface area (Å²) in [6.07, 6.45) is 3.88. The molecule has 0 radical (unpaired) electrons. The van der Waals surface area contributed by atoms with E-state index in [0.29, 0.717) is 25.4 Å². The highest BCUT2D eigenvalue weighted by atomic mass is 16.6. The van der Waals surface area contributed by atoms with E-state index in [1.807, 2.05) is 61.5 Å². The fraction of sp³-hybridized carbons (Fsp3) is 0.320. The van der Waals surface area contributed by atoms with Crippen LogP contribution in [0.4, 0.5) is 4.79 Å². The first-order valence-electron chi connectivity index (χ1n) is 10.9. The summed E-state index contributed by atoms with van der Waals surface area (Å²) in [5.41, 5.74) is 3.20. The maximum Gasteiger partial charge on any atom is 0.415 e. The second-order valence-electron chi connectivity index (χ2n) is 7.83. The standard InChI is InChI=1S/C25H28N4O3/c1-20-4-2-5-22(27-20)19-28-13-15-29(16-14-28)25(30)32-23-9-7-21(8-10-23)11-17-31-24-6-3-12-26-18-24/h2-10,12,18H,11,13-17,19H2,1H3. The fourth-order valence-corrected chi connectivity index (χ4v) is 3.61. The summed E-state index contributed by atoms with van der Waals surface area (Å²) in [7, 11) is 0. The van der Waals surface area contributed by atoms with Gasteiger partial charge in [0.15, 0.2) is 0 Å². The molecule has 0 aliphatic carbocycles. The molecule has 7 heteroatoms. The SMILES string of the molecule is Cc1cccc(CN2CCN(C(=O)Oc3ccc(CCOc4cccnc4)cc3)CC2)n1. The Morgan fingerprint density at radius 3 is 2.50 bits per heavy atom. The lowest BCUT2D eigenvalue weighted by atomic mass is 10.1. The van der Waals surface area contributed by atoms with Gasteiger partial charge in [0, 0.05) is 51.0 Å². The molecule has 1 amide bonds. The van der Waals surface area contributed by atoms with Gasteiger partial charge in [0.1, 0.15) is 11.5 Å². The van der Waals surface area contributed by atoms with E-state index in [-0.39, 0.29) is 6.09 Å². The van der Waals surface area contributed by atoms with E-state index in [0.717, 1.165) is 48.8 Å². The highest BCUT2D eigenvalue weighted by molar-refractivity contribution is 5.70. The van der Waals surface area contributed by atoms with Gasteiger partial charge in [-0.05, 0) is 48.9 Å². The normalized spacial score (nSPS) is 14.2. The lowest BCUT2D eigenvalue weighted by molar-refractivity contribution is 0.107. The number of aromatic nitrogens is 2. The van der Waals surface area contributed by atoms with Gasteiger partial charge < -0.3 is 14.4 Å². The molecule has 32 heavy (non-hydrogen) atoms. The largest absolute Gasteiger partial charge is 0.492 e. The Labute approximate surface area is 188 Å². The van der Waals surface area contributed by atoms with Gasteiger partial charge >= 0.3 is 6.09 Å². The maximum atomic E-state index is 12.5. The molecule has 0 saturated carbocycles. The first-order chi connectivity index (χ1) is 15.7. The number of nitrogens with zero attached hydrogens (tertiary/aromatic N) is 4. The number of aryl methyl sites for hydroxylation is 1. The van der Waals surface area contributed by atoms with Crippen molar-refractivity contribution in [2.75, 3.05) is 32.8 Å². The number of piperazine rings is 1. The third-order valence-corrected chi connectivity index (χ3v) is 5.38. The van der Waals surface area contributed by atoms with Crippen LogP contribution >= 0.6 is 0 Å². The van der Waals surface area contributed by atoms with Gasteiger partial charge in [-0.3, -0.25) is 14.9 Å². The second-order valence-corrected chi connectivity index (χ2v) is 7.83. The third-order valence-electron chi connectivity index (χ3n) is 5.38. The Balaban J connectivity index is 1.19. The van der Waals surface area contributed by atoms with Crippen molar-refractivity contribution in [3.8, 4) is 11.5 Å². The third kappa shape index (κ3) is 6.28. The zero-order valence-corrected chi connectivity index (χ0v) is 18.3. The van der Waals surface area contributed by atoms with Crippen molar-refractivity contribution in [3.63, 3.8) is 0 Å². The van der Waals surface area contributed by atoms with Crippen molar-refractivity contribution in [1.82, 2.24) is 19.8 Å². The van der Waals surface area contributed by atoms with E-state index in [1.54, 1.807) is 17.3 Å². The zero-order valence-electron chi connectivity index (χ0n) is 18.3. The number of hydrogen-bond acceptors (Lipinski definition) is 6. The first kappa shape index (κ1) is 21.8. The van der Waals surface area contributed by atoms with Crippen molar-refractivity contribution in [3.05, 3.63) is 83.9 Å². The van der Waals surface area contributed by atoms with Gasteiger partial charge in [-0.25, -0.2) is 4.79 Å². The molecule has 0 N–H and O–H groups in total. The van der Waals surface area contributed by atoms with E-state index in [9.17, 15) is 4.79 Å². The fourth-order valence-electron chi connectivity index (χ4n) is 3.61. The second kappa shape index (κ2) is 10.7. The quantitative estimate of drug-likeness (QED) is 0.567. The number of ether oxygens (including phenoxy) is 2. The molecule has 7 nitrogen and oxygen atoms in total. The number of carbonyl (C=O) groups excluding carboxylic acids is 1. The monoisotopic (exact) mass is 432 g/mol. The number of rotatable bonds is 7. The van der Waals surface area contributed by atoms with E-state index in [4.69, 9.17) is 9.47 Å². The summed E-state index contributed by atoms with van der Waals surface area (Å²) in [5.74, 6) is 1.31. The summed E-state index contributed by atoms with van der Waals surface area (Å²) < 4.78 is 11.2. The van der Waals surface area contributed by atoms with Crippen LogP contribution in [0.5, 0.6) is 11.5 Å². The van der Waals surface area contributed by atoms with Crippen LogP contribution < -0.4 is 9.47 Å². The molecule has 1 aliphatic heterocycles. The van der Waals surface area contributed by atoms with Gasteiger partial charge in [0.2, 0.25) is 0 Å². The number of hydrogen-bond donors (Lipinski definition) is 0. The highest BCUT2D eigenvalue weighted by Gasteiger charge is 2.23. The molecule has 0 atom stereocenters. The molecule has 0 spiro atoms. The van der Waals surface area contributed by atoms with Crippen LogP contribution in [-0.2, 0) is 13.0 Å². The van der Waals surface area contributed by atoms with Gasteiger partial charge in [-0.1, -0.05) is 18.2 Å². The summed E-state index contributed by atoms with van der Waals surface area (Å²) >= 11 is 0. The van der Waals surface area contributed by atoms with E-state index in [1.165, 1.54) is 0 Å². The molecule has 2 aromatic heterocycles. The molecular weight excluding hydrogens is 404 g/mol. The van der Waals surface area contributed by atoms with Gasteiger partial charge in [-0.15, -0.1) is 0 Å². The van der Waals surface area contributed by atoms with Crippen LogP contribution in [0.2, 0.25) is 0 Å². The Bertz CT molecular complexity index is 1000. The van der Waals surface area contributed by atoms with Crippen molar-refractivity contribution < 1.29 is 14.3 Å². The Morgan fingerprint density at radius 1 is 0.969 bits per heavy atom. The van der Waals surface area contributed by atoms with Crippen molar-refractivity contribution in [1.29, 1.82) is 0 Å². The number of benzene rings is 1. The molecule has 1 fully saturated rings. The molecule has 0 bridgehead atoms. The topological polar surface area (TPSA) is 67.8 Å². The molecule has 1 aromatic carbocycles. The van der Waals surface area contributed by atoms with Crippen molar-refractivity contribution >= 4 is 6.09 Å². The highest BCUT2D eigenvalue weighted by Crippen LogP contribution is 2.16. The Kier molecular flexibility index (Phi) is 7.30. The van der Waals surface area contributed by atoms with Gasteiger partial charge in [-0.2, -0.15) is 0 Å². The van der Waals surface area contributed by atoms with E-state index >= 15 is 0 Å². The first-order valence-corrected chi connectivity index (χ1v) is 10.9. The van der Waals surface area contributed by atoms with Gasteiger partial charge in [0.25, 0.3) is 0 Å². The predicted molar refractivity (Wildman–Crippen MR) is 122 cm³/mol. The lowest BCUT2D eigenvalue weighted by Crippen LogP contribution is -2.49. The molecule has 1 aliphatic rings. The van der Waals surface area contributed by atoms with Crippen molar-refractivity contribution in [2.45, 2.75) is 19.9 Å². The van der Waals surface area contributed by atoms with Crippen LogP contribution in [0.15, 0.2) is 67.0 Å². The summed E-state index contributed by atoms with van der Waals surface area (Å²) in [4.78, 5) is 25.2. The molecule has 3 aromatic rings. The van der Waals surface area contributed by atoms with E-state index < -0.39 is 0 Å². The molecule has 166 valence electrons. The lowest BCUT2D eigenvalue weighted by Gasteiger charge is -2.33. The molecule has 3 heterocycles. The maximum absolute atomic E-state index is 12.5. The summed E-state index contributed by atoms with van der Waals surface area (Å²) in [6, 6.07) is 17.4. The molecule has 1 saturated heterocycles. The van der Waals surface area contributed by atoms with Crippen LogP contribution in [0.3, 0.4) is 0 Å². The van der Waals surface area contributed by atoms with Crippen LogP contribution in [0.25, 0.3) is 0 Å². The minimum Gasteiger partial charge on any atom is -0.492 e. The number of amides is 1. The predicted octanol–water partition coefficient (Wildman–Crippen LogP) is 3.72. The zero-order chi connectivity index (χ0) is 22.2. The smallest absolute Gasteiger partial charge is 0.415 e. The van der Waals surface area contributed by atoms with E-state index in [2.05, 4.69) is 14.9 Å². The van der Waals surface area contributed by atoms with Crippen LogP contribution in [0.1, 0.15) is 17.0 Å². The van der Waals surface area contributed by atoms with Crippen molar-refractivity contribution in [2.24, 2.45) is 0 Å². The number of pyridine rings is 2. The summed E-state index contributed by atoms with van der Waals surface area (Å²) in [5, 5.41) is 0. The average molecular weight is 433 g/mol. The average Bonchev–Trinajstić information content (AvgIpc) is 2.81. The Hall–Kier alpha value is -3.45. The van der Waals surface area contributed by atoms with Crippen LogP contribution in [0, 0.1) is 6.92 Å². The molecule has 0 unspecified atom stereocenters. The minimum atomic E-state index is -0.300. The Morgan fingerprint density at radius 2 is 1.78 bits per heavy atom. The summed E-state index contributed by atoms with van der Waals surface area (Å²) in [6.45, 7) is 6.27. The van der Waals surface area contributed by atoms with Crippen LogP contribution in [-0.4, -0.2) is 58.6 Å². The number of carbonyl (C=O) groups is 1. The van der Waals surface area contributed by atoms with Gasteiger partial charge in [0.05, 0.1) is 18.5 Å². The minimum absolute atomic E-state index is 0.300. The molecule has 4 rings (SSSR count). The molecular formula is C25H28N4O3.